The summed E-state index contributed by atoms with van der Waals surface area (Å²) in [6, 6.07) is 13.3. The molecule has 0 N–H and O–H groups in total. The summed E-state index contributed by atoms with van der Waals surface area (Å²) in [4.78, 5) is 13.1. The molecule has 0 amide bonds. The highest BCUT2D eigenvalue weighted by Crippen LogP contribution is 2.30. The number of rotatable bonds is 3. The van der Waals surface area contributed by atoms with Gasteiger partial charge in [0.25, 0.3) is 0 Å². The van der Waals surface area contributed by atoms with Crippen LogP contribution in [0.4, 0.5) is 0 Å². The van der Waals surface area contributed by atoms with Crippen LogP contribution in [0.15, 0.2) is 54.9 Å². The molecule has 104 valence electrons. The molecule has 0 aliphatic carbocycles. The van der Waals surface area contributed by atoms with Gasteiger partial charge in [-0.25, -0.2) is 4.98 Å². The molecule has 0 saturated carbocycles. The van der Waals surface area contributed by atoms with Crippen LogP contribution >= 0.6 is 0 Å². The molecule has 0 fully saturated rings. The van der Waals surface area contributed by atoms with Gasteiger partial charge in [-0.1, -0.05) is 6.07 Å². The van der Waals surface area contributed by atoms with Gasteiger partial charge in [-0.05, 0) is 44.2 Å². The van der Waals surface area contributed by atoms with Crippen molar-refractivity contribution in [2.45, 2.75) is 13.8 Å². The van der Waals surface area contributed by atoms with Gasteiger partial charge in [0.2, 0.25) is 0 Å². The number of aryl methyl sites for hydroxylation is 2. The van der Waals surface area contributed by atoms with Crippen molar-refractivity contribution in [3.63, 3.8) is 0 Å². The fourth-order valence-electron chi connectivity index (χ4n) is 2.02. The second-order valence-corrected chi connectivity index (χ2v) is 4.75. The van der Waals surface area contributed by atoms with Crippen LogP contribution in [0, 0.1) is 13.8 Å². The van der Waals surface area contributed by atoms with Gasteiger partial charge in [-0.2, -0.15) is 0 Å². The molecule has 4 nitrogen and oxygen atoms in total. The van der Waals surface area contributed by atoms with Crippen LogP contribution in [0.25, 0.3) is 11.4 Å². The first-order valence-corrected chi connectivity index (χ1v) is 6.72. The van der Waals surface area contributed by atoms with Crippen molar-refractivity contribution >= 4 is 0 Å². The Hall–Kier alpha value is -2.75. The van der Waals surface area contributed by atoms with Gasteiger partial charge in [0.05, 0.1) is 5.69 Å². The molecule has 0 spiro atoms. The predicted octanol–water partition coefficient (Wildman–Crippen LogP) is 3.95. The predicted molar refractivity (Wildman–Crippen MR) is 81.3 cm³/mol. The first kappa shape index (κ1) is 13.2. The van der Waals surface area contributed by atoms with E-state index in [4.69, 9.17) is 4.74 Å². The second kappa shape index (κ2) is 5.71. The fourth-order valence-corrected chi connectivity index (χ4v) is 2.02. The lowest BCUT2D eigenvalue weighted by atomic mass is 10.2. The summed E-state index contributed by atoms with van der Waals surface area (Å²) in [5, 5.41) is 0. The smallest absolute Gasteiger partial charge is 0.155 e. The maximum Gasteiger partial charge on any atom is 0.155 e. The molecule has 0 bridgehead atoms. The first-order valence-electron chi connectivity index (χ1n) is 6.72. The lowest BCUT2D eigenvalue weighted by molar-refractivity contribution is 0.480. The van der Waals surface area contributed by atoms with Gasteiger partial charge in [0.15, 0.2) is 5.75 Å². The third-order valence-corrected chi connectivity index (χ3v) is 3.00. The number of aromatic nitrogens is 3. The SMILES string of the molecule is Cc1cc(Oc2ccc(C)nc2-c2ccccn2)ccn1. The molecule has 0 aliphatic heterocycles. The number of hydrogen-bond donors (Lipinski definition) is 0. The van der Waals surface area contributed by atoms with Crippen molar-refractivity contribution in [2.24, 2.45) is 0 Å². The lowest BCUT2D eigenvalue weighted by Crippen LogP contribution is -1.95. The zero-order chi connectivity index (χ0) is 14.7. The highest BCUT2D eigenvalue weighted by Gasteiger charge is 2.10. The Bertz CT molecular complexity index is 757. The summed E-state index contributed by atoms with van der Waals surface area (Å²) in [5.41, 5.74) is 3.37. The Labute approximate surface area is 123 Å². The van der Waals surface area contributed by atoms with Gasteiger partial charge in [0, 0.05) is 29.8 Å². The van der Waals surface area contributed by atoms with E-state index >= 15 is 0 Å². The summed E-state index contributed by atoms with van der Waals surface area (Å²) in [7, 11) is 0. The Morgan fingerprint density at radius 3 is 2.52 bits per heavy atom. The zero-order valence-electron chi connectivity index (χ0n) is 11.9. The van der Waals surface area contributed by atoms with E-state index in [9.17, 15) is 0 Å². The summed E-state index contributed by atoms with van der Waals surface area (Å²) in [6.45, 7) is 3.88. The van der Waals surface area contributed by atoms with E-state index in [2.05, 4.69) is 15.0 Å². The number of nitrogens with zero attached hydrogens (tertiary/aromatic N) is 3. The molecular formula is C17H15N3O. The summed E-state index contributed by atoms with van der Waals surface area (Å²) in [6.07, 6.45) is 3.48. The van der Waals surface area contributed by atoms with E-state index in [0.717, 1.165) is 28.5 Å². The van der Waals surface area contributed by atoms with E-state index in [1.54, 1.807) is 12.4 Å². The largest absolute Gasteiger partial charge is 0.455 e. The van der Waals surface area contributed by atoms with E-state index < -0.39 is 0 Å². The molecular weight excluding hydrogens is 262 g/mol. The minimum Gasteiger partial charge on any atom is -0.455 e. The van der Waals surface area contributed by atoms with Gasteiger partial charge in [-0.3, -0.25) is 9.97 Å². The van der Waals surface area contributed by atoms with Gasteiger partial charge in [-0.15, -0.1) is 0 Å². The van der Waals surface area contributed by atoms with Crippen molar-refractivity contribution in [2.75, 3.05) is 0 Å². The molecule has 0 atom stereocenters. The third-order valence-electron chi connectivity index (χ3n) is 3.00. The van der Waals surface area contributed by atoms with Gasteiger partial charge < -0.3 is 4.74 Å². The van der Waals surface area contributed by atoms with E-state index in [0.29, 0.717) is 5.75 Å². The minimum atomic E-state index is 0.685. The molecule has 3 aromatic heterocycles. The zero-order valence-corrected chi connectivity index (χ0v) is 11.9. The van der Waals surface area contributed by atoms with Crippen molar-refractivity contribution in [1.29, 1.82) is 0 Å². The number of hydrogen-bond acceptors (Lipinski definition) is 4. The van der Waals surface area contributed by atoms with Crippen molar-refractivity contribution < 1.29 is 4.74 Å². The Balaban J connectivity index is 2.03. The molecule has 0 aliphatic rings. The average molecular weight is 277 g/mol. The Kier molecular flexibility index (Phi) is 3.60. The molecule has 0 unspecified atom stereocenters. The second-order valence-electron chi connectivity index (χ2n) is 4.75. The molecule has 3 heterocycles. The van der Waals surface area contributed by atoms with Gasteiger partial charge in [0.1, 0.15) is 11.4 Å². The first-order chi connectivity index (χ1) is 10.2. The Morgan fingerprint density at radius 2 is 1.76 bits per heavy atom. The summed E-state index contributed by atoms with van der Waals surface area (Å²) >= 11 is 0. The van der Waals surface area contributed by atoms with E-state index in [-0.39, 0.29) is 0 Å². The van der Waals surface area contributed by atoms with Crippen molar-refractivity contribution in [3.8, 4) is 22.9 Å². The molecule has 21 heavy (non-hydrogen) atoms. The molecule has 3 aromatic rings. The van der Waals surface area contributed by atoms with Crippen LogP contribution in [0.1, 0.15) is 11.4 Å². The lowest BCUT2D eigenvalue weighted by Gasteiger charge is -2.11. The van der Waals surface area contributed by atoms with Crippen LogP contribution in [-0.4, -0.2) is 15.0 Å². The molecule has 3 rings (SSSR count). The molecule has 0 radical (unpaired) electrons. The monoisotopic (exact) mass is 277 g/mol. The standard InChI is InChI=1S/C17H15N3O/c1-12-6-7-16(21-14-8-10-18-13(2)11-14)17(20-12)15-5-3-4-9-19-15/h3-11H,1-2H3. The highest BCUT2D eigenvalue weighted by atomic mass is 16.5. The quantitative estimate of drug-likeness (QED) is 0.727. The van der Waals surface area contributed by atoms with Gasteiger partial charge >= 0.3 is 0 Å². The normalized spacial score (nSPS) is 10.4. The average Bonchev–Trinajstić information content (AvgIpc) is 2.50. The Morgan fingerprint density at radius 1 is 0.857 bits per heavy atom. The topological polar surface area (TPSA) is 47.9 Å². The number of pyridine rings is 3. The molecule has 0 aromatic carbocycles. The van der Waals surface area contributed by atoms with Crippen LogP contribution in [-0.2, 0) is 0 Å². The van der Waals surface area contributed by atoms with E-state index in [1.807, 2.05) is 56.3 Å². The maximum atomic E-state index is 5.96. The highest BCUT2D eigenvalue weighted by molar-refractivity contribution is 5.63. The summed E-state index contributed by atoms with van der Waals surface area (Å²) in [5.74, 6) is 1.43. The number of ether oxygens (including phenoxy) is 1. The summed E-state index contributed by atoms with van der Waals surface area (Å²) < 4.78 is 5.96. The maximum absolute atomic E-state index is 5.96. The third kappa shape index (κ3) is 3.05. The van der Waals surface area contributed by atoms with Crippen molar-refractivity contribution in [3.05, 3.63) is 66.2 Å². The van der Waals surface area contributed by atoms with Crippen LogP contribution in [0.2, 0.25) is 0 Å². The van der Waals surface area contributed by atoms with Crippen LogP contribution in [0.5, 0.6) is 11.5 Å². The van der Waals surface area contributed by atoms with Crippen molar-refractivity contribution in [1.82, 2.24) is 15.0 Å². The molecule has 4 heteroatoms. The van der Waals surface area contributed by atoms with E-state index in [1.165, 1.54) is 0 Å². The van der Waals surface area contributed by atoms with Crippen LogP contribution in [0.3, 0.4) is 0 Å². The van der Waals surface area contributed by atoms with Crippen LogP contribution < -0.4 is 4.74 Å². The fraction of sp³-hybridized carbons (Fsp3) is 0.118. The minimum absolute atomic E-state index is 0.685. The molecule has 0 saturated heterocycles.